The molecule has 1 heterocycles. The Balaban J connectivity index is 1.59. The predicted octanol–water partition coefficient (Wildman–Crippen LogP) is 4.92. The Kier molecular flexibility index (Phi) is 6.96. The maximum Gasteiger partial charge on any atom is 0.312 e. The number of ether oxygens (including phenoxy) is 1. The Morgan fingerprint density at radius 2 is 1.91 bits per heavy atom. The molecular formula is C26H26ClFN2O5. The lowest BCUT2D eigenvalue weighted by Crippen LogP contribution is -2.66. The number of carbonyl (C=O) groups is 2. The number of amides is 1. The van der Waals surface area contributed by atoms with Crippen LogP contribution in [-0.4, -0.2) is 41.4 Å². The normalized spacial score (nSPS) is 21.4. The summed E-state index contributed by atoms with van der Waals surface area (Å²) >= 11 is 6.02. The van der Waals surface area contributed by atoms with Crippen LogP contribution in [0.3, 0.4) is 0 Å². The first kappa shape index (κ1) is 24.9. The summed E-state index contributed by atoms with van der Waals surface area (Å²) in [6.45, 7) is 1.94. The molecule has 0 saturated heterocycles. The van der Waals surface area contributed by atoms with E-state index in [-0.39, 0.29) is 31.0 Å². The quantitative estimate of drug-likeness (QED) is 0.432. The van der Waals surface area contributed by atoms with Crippen molar-refractivity contribution >= 4 is 23.5 Å². The molecule has 3 aromatic rings. The Hall–Kier alpha value is -3.23. The van der Waals surface area contributed by atoms with Crippen molar-refractivity contribution in [3.05, 3.63) is 76.4 Å². The van der Waals surface area contributed by atoms with Crippen LogP contribution in [0.25, 0.3) is 11.1 Å². The van der Waals surface area contributed by atoms with E-state index in [4.69, 9.17) is 20.9 Å². The van der Waals surface area contributed by atoms with E-state index >= 15 is 0 Å². The fourth-order valence-electron chi connectivity index (χ4n) is 4.89. The molecule has 2 aromatic carbocycles. The molecule has 0 aliphatic heterocycles. The first-order valence-corrected chi connectivity index (χ1v) is 11.6. The van der Waals surface area contributed by atoms with Crippen molar-refractivity contribution in [3.8, 4) is 11.1 Å². The number of rotatable bonds is 9. The fourth-order valence-corrected chi connectivity index (χ4v) is 5.06. The van der Waals surface area contributed by atoms with Gasteiger partial charge in [-0.05, 0) is 55.0 Å². The van der Waals surface area contributed by atoms with Crippen molar-refractivity contribution in [2.75, 3.05) is 13.7 Å². The SMILES string of the molecule is CCc1cc(C(=O)NC2(Cc3ccc(-c4cc(Cl)ccc4F)cc3)CC(COC)(C(=O)O)C2)on1. The van der Waals surface area contributed by atoms with Crippen LogP contribution in [0.15, 0.2) is 53.1 Å². The lowest BCUT2D eigenvalue weighted by Gasteiger charge is -2.54. The Labute approximate surface area is 207 Å². The van der Waals surface area contributed by atoms with E-state index in [0.29, 0.717) is 34.7 Å². The molecule has 1 aliphatic rings. The fraction of sp³-hybridized carbons (Fsp3) is 0.346. The standard InChI is InChI=1S/C26H26ClFN2O5/c1-3-19-11-22(35-30-19)23(31)29-26(13-25(14-26,15-34-2)24(32)33)12-16-4-6-17(7-5-16)20-10-18(27)8-9-21(20)28/h4-11H,3,12-15H2,1-2H3,(H,29,31)(H,32,33). The zero-order valence-electron chi connectivity index (χ0n) is 19.4. The van der Waals surface area contributed by atoms with Gasteiger partial charge in [-0.1, -0.05) is 47.9 Å². The van der Waals surface area contributed by atoms with Crippen molar-refractivity contribution in [2.45, 2.75) is 38.1 Å². The second-order valence-corrected chi connectivity index (χ2v) is 9.58. The maximum atomic E-state index is 14.3. The molecule has 0 atom stereocenters. The molecule has 4 rings (SSSR count). The smallest absolute Gasteiger partial charge is 0.312 e. The zero-order chi connectivity index (χ0) is 25.2. The Bertz CT molecular complexity index is 1230. The van der Waals surface area contributed by atoms with Gasteiger partial charge in [0.2, 0.25) is 5.76 Å². The monoisotopic (exact) mass is 500 g/mol. The van der Waals surface area contributed by atoms with Crippen LogP contribution in [0.4, 0.5) is 4.39 Å². The highest BCUT2D eigenvalue weighted by molar-refractivity contribution is 6.30. The zero-order valence-corrected chi connectivity index (χ0v) is 20.2. The van der Waals surface area contributed by atoms with Gasteiger partial charge < -0.3 is 19.7 Å². The van der Waals surface area contributed by atoms with Gasteiger partial charge in [-0.3, -0.25) is 9.59 Å². The van der Waals surface area contributed by atoms with Gasteiger partial charge in [-0.25, -0.2) is 4.39 Å². The van der Waals surface area contributed by atoms with Gasteiger partial charge in [0, 0.05) is 29.3 Å². The molecule has 1 aliphatic carbocycles. The second-order valence-electron chi connectivity index (χ2n) is 9.14. The molecule has 9 heteroatoms. The van der Waals surface area contributed by atoms with Crippen molar-refractivity contribution in [3.63, 3.8) is 0 Å². The number of hydrogen-bond acceptors (Lipinski definition) is 5. The van der Waals surface area contributed by atoms with E-state index < -0.39 is 22.8 Å². The summed E-state index contributed by atoms with van der Waals surface area (Å²) in [5.74, 6) is -1.73. The number of nitrogens with one attached hydrogen (secondary N) is 1. The van der Waals surface area contributed by atoms with Gasteiger partial charge in [0.15, 0.2) is 0 Å². The highest BCUT2D eigenvalue weighted by Gasteiger charge is 2.60. The lowest BCUT2D eigenvalue weighted by molar-refractivity contribution is -0.167. The van der Waals surface area contributed by atoms with Crippen LogP contribution in [0.2, 0.25) is 5.02 Å². The lowest BCUT2D eigenvalue weighted by atomic mass is 9.55. The van der Waals surface area contributed by atoms with Crippen LogP contribution in [0, 0.1) is 11.2 Å². The number of carboxylic acids is 1. The molecule has 1 aromatic heterocycles. The maximum absolute atomic E-state index is 14.3. The third kappa shape index (κ3) is 5.09. The number of nitrogens with zero attached hydrogens (tertiary/aromatic N) is 1. The number of aromatic nitrogens is 1. The van der Waals surface area contributed by atoms with E-state index in [1.54, 1.807) is 24.3 Å². The number of hydrogen-bond donors (Lipinski definition) is 2. The average Bonchev–Trinajstić information content (AvgIpc) is 3.30. The second kappa shape index (κ2) is 9.79. The van der Waals surface area contributed by atoms with Crippen molar-refractivity contribution in [2.24, 2.45) is 5.41 Å². The van der Waals surface area contributed by atoms with E-state index in [0.717, 1.165) is 5.56 Å². The number of aryl methyl sites for hydroxylation is 1. The van der Waals surface area contributed by atoms with Crippen LogP contribution in [-0.2, 0) is 22.4 Å². The van der Waals surface area contributed by atoms with Crippen LogP contribution >= 0.6 is 11.6 Å². The van der Waals surface area contributed by atoms with Crippen molar-refractivity contribution in [1.29, 1.82) is 0 Å². The molecule has 7 nitrogen and oxygen atoms in total. The molecule has 0 spiro atoms. The Morgan fingerprint density at radius 3 is 2.51 bits per heavy atom. The van der Waals surface area contributed by atoms with Crippen molar-refractivity contribution in [1.82, 2.24) is 10.5 Å². The van der Waals surface area contributed by atoms with Gasteiger partial charge in [0.1, 0.15) is 5.82 Å². The van der Waals surface area contributed by atoms with Crippen molar-refractivity contribution < 1.29 is 28.3 Å². The molecule has 1 saturated carbocycles. The molecule has 0 radical (unpaired) electrons. The molecule has 184 valence electrons. The van der Waals surface area contributed by atoms with Gasteiger partial charge in [0.25, 0.3) is 5.91 Å². The third-order valence-corrected chi connectivity index (χ3v) is 6.72. The van der Waals surface area contributed by atoms with Gasteiger partial charge in [-0.2, -0.15) is 0 Å². The summed E-state index contributed by atoms with van der Waals surface area (Å²) in [5, 5.41) is 17.1. The van der Waals surface area contributed by atoms with Gasteiger partial charge >= 0.3 is 5.97 Å². The molecule has 35 heavy (non-hydrogen) atoms. The summed E-state index contributed by atoms with van der Waals surface area (Å²) in [4.78, 5) is 25.0. The largest absolute Gasteiger partial charge is 0.481 e. The molecule has 2 N–H and O–H groups in total. The highest BCUT2D eigenvalue weighted by Crippen LogP contribution is 2.51. The van der Waals surface area contributed by atoms with E-state index in [9.17, 15) is 19.1 Å². The molecule has 1 fully saturated rings. The first-order valence-electron chi connectivity index (χ1n) is 11.2. The van der Waals surface area contributed by atoms with Gasteiger partial charge in [-0.15, -0.1) is 0 Å². The summed E-state index contributed by atoms with van der Waals surface area (Å²) in [7, 11) is 1.46. The third-order valence-electron chi connectivity index (χ3n) is 6.49. The summed E-state index contributed by atoms with van der Waals surface area (Å²) in [5.41, 5.74) is 0.643. The number of halogens is 2. The van der Waals surface area contributed by atoms with Crippen LogP contribution in [0.5, 0.6) is 0 Å². The average molecular weight is 501 g/mol. The van der Waals surface area contributed by atoms with Crippen LogP contribution < -0.4 is 5.32 Å². The van der Waals surface area contributed by atoms with E-state index in [1.165, 1.54) is 19.2 Å². The number of benzene rings is 2. The highest BCUT2D eigenvalue weighted by atomic mass is 35.5. The summed E-state index contributed by atoms with van der Waals surface area (Å²) in [6.07, 6.45) is 1.38. The predicted molar refractivity (Wildman–Crippen MR) is 128 cm³/mol. The Morgan fingerprint density at radius 1 is 1.20 bits per heavy atom. The van der Waals surface area contributed by atoms with Gasteiger partial charge in [0.05, 0.1) is 17.7 Å². The first-order chi connectivity index (χ1) is 16.7. The number of methoxy groups -OCH3 is 1. The molecule has 0 bridgehead atoms. The number of aliphatic carboxylic acids is 1. The molecule has 1 amide bonds. The minimum atomic E-state index is -1.10. The molecular weight excluding hydrogens is 475 g/mol. The van der Waals surface area contributed by atoms with E-state index in [2.05, 4.69) is 10.5 Å². The summed E-state index contributed by atoms with van der Waals surface area (Å²) < 4.78 is 24.6. The topological polar surface area (TPSA) is 102 Å². The van der Waals surface area contributed by atoms with Crippen LogP contribution in [0.1, 0.15) is 41.6 Å². The number of carbonyl (C=O) groups excluding carboxylic acids is 1. The van der Waals surface area contributed by atoms with E-state index in [1.807, 2.05) is 19.1 Å². The minimum absolute atomic E-state index is 0.0369. The molecule has 0 unspecified atom stereocenters. The summed E-state index contributed by atoms with van der Waals surface area (Å²) in [6, 6.07) is 13.2. The minimum Gasteiger partial charge on any atom is -0.481 e. The number of carboxylic acid groups (broad SMARTS) is 1.